The number of aryl methyl sites for hydroxylation is 1. The third-order valence-electron chi connectivity index (χ3n) is 5.53. The quantitative estimate of drug-likeness (QED) is 0.291. The number of amides is 2. The fourth-order valence-corrected chi connectivity index (χ4v) is 4.10. The van der Waals surface area contributed by atoms with Crippen LogP contribution in [0, 0.1) is 12.7 Å². The lowest BCUT2D eigenvalue weighted by Crippen LogP contribution is -2.25. The van der Waals surface area contributed by atoms with Crippen LogP contribution in [0.5, 0.6) is 0 Å². The van der Waals surface area contributed by atoms with Crippen LogP contribution in [0.25, 0.3) is 5.65 Å². The summed E-state index contributed by atoms with van der Waals surface area (Å²) in [4.78, 5) is 41.7. The molecule has 0 unspecified atom stereocenters. The van der Waals surface area contributed by atoms with Crippen LogP contribution in [0.2, 0.25) is 0 Å². The highest BCUT2D eigenvalue weighted by molar-refractivity contribution is 9.10. The van der Waals surface area contributed by atoms with Crippen molar-refractivity contribution in [2.75, 3.05) is 7.11 Å². The SMILES string of the molecule is CC.COC(=O)c1ccc(CNC(=O)c2c(Br)ccc3nc(C(=O)NCc4ccc(F)c(C)c4)cn23)cc1. The molecule has 0 atom stereocenters. The van der Waals surface area contributed by atoms with E-state index in [0.717, 1.165) is 11.1 Å². The summed E-state index contributed by atoms with van der Waals surface area (Å²) in [5, 5.41) is 5.61. The van der Waals surface area contributed by atoms with Crippen LogP contribution in [0.1, 0.15) is 61.9 Å². The third-order valence-corrected chi connectivity index (χ3v) is 6.17. The van der Waals surface area contributed by atoms with Crippen molar-refractivity contribution in [3.63, 3.8) is 0 Å². The number of fused-ring (bicyclic) bond motifs is 1. The first kappa shape index (κ1) is 28.5. The normalized spacial score (nSPS) is 10.4. The smallest absolute Gasteiger partial charge is 0.337 e. The Balaban J connectivity index is 0.00000195. The molecule has 10 heteroatoms. The lowest BCUT2D eigenvalue weighted by molar-refractivity contribution is 0.0600. The van der Waals surface area contributed by atoms with E-state index in [9.17, 15) is 18.8 Å². The van der Waals surface area contributed by atoms with Crippen LogP contribution >= 0.6 is 15.9 Å². The molecule has 2 N–H and O–H groups in total. The number of ether oxygens (including phenoxy) is 1. The van der Waals surface area contributed by atoms with E-state index in [0.29, 0.717) is 21.2 Å². The van der Waals surface area contributed by atoms with Gasteiger partial charge >= 0.3 is 5.97 Å². The maximum atomic E-state index is 13.5. The number of nitrogens with zero attached hydrogens (tertiary/aromatic N) is 2. The summed E-state index contributed by atoms with van der Waals surface area (Å²) < 4.78 is 20.2. The van der Waals surface area contributed by atoms with E-state index in [-0.39, 0.29) is 36.2 Å². The van der Waals surface area contributed by atoms with Gasteiger partial charge in [-0.15, -0.1) is 0 Å². The molecule has 198 valence electrons. The van der Waals surface area contributed by atoms with Gasteiger partial charge in [-0.1, -0.05) is 38.1 Å². The van der Waals surface area contributed by atoms with Crippen molar-refractivity contribution in [2.24, 2.45) is 0 Å². The molecule has 4 rings (SSSR count). The Morgan fingerprint density at radius 3 is 2.24 bits per heavy atom. The van der Waals surface area contributed by atoms with Gasteiger partial charge in [0.15, 0.2) is 0 Å². The van der Waals surface area contributed by atoms with Crippen LogP contribution < -0.4 is 10.6 Å². The van der Waals surface area contributed by atoms with E-state index in [1.807, 2.05) is 13.8 Å². The highest BCUT2D eigenvalue weighted by Gasteiger charge is 2.19. The number of benzene rings is 2. The van der Waals surface area contributed by atoms with E-state index in [2.05, 4.69) is 36.3 Å². The largest absolute Gasteiger partial charge is 0.465 e. The van der Waals surface area contributed by atoms with Gasteiger partial charge < -0.3 is 15.4 Å². The summed E-state index contributed by atoms with van der Waals surface area (Å²) in [7, 11) is 1.31. The molecule has 0 saturated carbocycles. The first-order valence-corrected chi connectivity index (χ1v) is 12.7. The molecule has 4 aromatic rings. The topological polar surface area (TPSA) is 102 Å². The van der Waals surface area contributed by atoms with E-state index in [1.54, 1.807) is 55.5 Å². The first-order valence-electron chi connectivity index (χ1n) is 11.9. The minimum Gasteiger partial charge on any atom is -0.465 e. The summed E-state index contributed by atoms with van der Waals surface area (Å²) in [6.45, 7) is 6.09. The van der Waals surface area contributed by atoms with Crippen molar-refractivity contribution in [3.05, 3.63) is 105 Å². The Labute approximate surface area is 228 Å². The molecular weight excluding hydrogens is 555 g/mol. The number of halogens is 2. The number of aromatic nitrogens is 2. The van der Waals surface area contributed by atoms with Crippen molar-refractivity contribution in [1.29, 1.82) is 0 Å². The zero-order chi connectivity index (χ0) is 27.8. The molecule has 38 heavy (non-hydrogen) atoms. The zero-order valence-electron chi connectivity index (χ0n) is 21.5. The third kappa shape index (κ3) is 6.63. The second-order valence-corrected chi connectivity index (χ2v) is 8.88. The fraction of sp³-hybridized carbons (Fsp3) is 0.214. The average Bonchev–Trinajstić information content (AvgIpc) is 3.37. The minimum absolute atomic E-state index is 0.138. The molecule has 0 aliphatic carbocycles. The highest BCUT2D eigenvalue weighted by atomic mass is 79.9. The number of pyridine rings is 1. The van der Waals surface area contributed by atoms with Gasteiger partial charge in [0.1, 0.15) is 22.9 Å². The molecule has 0 aliphatic heterocycles. The Hall–Kier alpha value is -4.05. The molecule has 8 nitrogen and oxygen atoms in total. The Kier molecular flexibility index (Phi) is 9.72. The van der Waals surface area contributed by atoms with Gasteiger partial charge in [0.05, 0.1) is 12.7 Å². The molecule has 0 radical (unpaired) electrons. The molecule has 0 saturated heterocycles. The van der Waals surface area contributed by atoms with E-state index in [4.69, 9.17) is 0 Å². The molecule has 2 heterocycles. The Bertz CT molecular complexity index is 1470. The summed E-state index contributed by atoms with van der Waals surface area (Å²) in [6.07, 6.45) is 1.49. The fourth-order valence-electron chi connectivity index (χ4n) is 3.59. The first-order chi connectivity index (χ1) is 18.3. The molecule has 0 fully saturated rings. The summed E-state index contributed by atoms with van der Waals surface area (Å²) in [5.74, 6) is -1.54. The predicted molar refractivity (Wildman–Crippen MR) is 145 cm³/mol. The average molecular weight is 583 g/mol. The highest BCUT2D eigenvalue weighted by Crippen LogP contribution is 2.20. The van der Waals surface area contributed by atoms with Crippen LogP contribution in [0.3, 0.4) is 0 Å². The van der Waals surface area contributed by atoms with Crippen molar-refractivity contribution < 1.29 is 23.5 Å². The standard InChI is InChI=1S/C26H22BrFN4O4.C2H6/c1-15-11-17(5-9-20(15)28)13-29-24(33)21-14-32-22(31-21)10-8-19(27)23(32)25(34)30-12-16-3-6-18(7-4-16)26(35)36-2;1-2/h3-11,14H,12-13H2,1-2H3,(H,29,33)(H,30,34);1-2H3. The van der Waals surface area contributed by atoms with E-state index >= 15 is 0 Å². The summed E-state index contributed by atoms with van der Waals surface area (Å²) in [5.41, 5.74) is 3.30. The van der Waals surface area contributed by atoms with Gasteiger partial charge in [-0.05, 0) is 69.9 Å². The Morgan fingerprint density at radius 2 is 1.58 bits per heavy atom. The van der Waals surface area contributed by atoms with Gasteiger partial charge in [0.2, 0.25) is 0 Å². The molecule has 0 aliphatic rings. The minimum atomic E-state index is -0.436. The van der Waals surface area contributed by atoms with Gasteiger partial charge in [0, 0.05) is 23.8 Å². The van der Waals surface area contributed by atoms with Crippen LogP contribution in [0.4, 0.5) is 4.39 Å². The molecular formula is C28H28BrFN4O4. The number of rotatable bonds is 7. The van der Waals surface area contributed by atoms with Crippen LogP contribution in [0.15, 0.2) is 65.3 Å². The number of carbonyl (C=O) groups is 3. The van der Waals surface area contributed by atoms with E-state index in [1.165, 1.54) is 23.8 Å². The van der Waals surface area contributed by atoms with Crippen LogP contribution in [-0.2, 0) is 17.8 Å². The van der Waals surface area contributed by atoms with Gasteiger partial charge in [-0.3, -0.25) is 14.0 Å². The predicted octanol–water partition coefficient (Wildman–Crippen LogP) is 5.22. The molecule has 0 bridgehead atoms. The van der Waals surface area contributed by atoms with Gasteiger partial charge in [-0.25, -0.2) is 14.2 Å². The number of hydrogen-bond donors (Lipinski definition) is 2. The zero-order valence-corrected chi connectivity index (χ0v) is 23.1. The van der Waals surface area contributed by atoms with Crippen molar-refractivity contribution in [3.8, 4) is 0 Å². The molecule has 2 aromatic carbocycles. The lowest BCUT2D eigenvalue weighted by Gasteiger charge is -2.10. The molecule has 0 spiro atoms. The van der Waals surface area contributed by atoms with Crippen molar-refractivity contribution in [1.82, 2.24) is 20.0 Å². The van der Waals surface area contributed by atoms with Crippen LogP contribution in [-0.4, -0.2) is 34.3 Å². The van der Waals surface area contributed by atoms with E-state index < -0.39 is 11.9 Å². The lowest BCUT2D eigenvalue weighted by atomic mass is 10.1. The number of hydrogen-bond acceptors (Lipinski definition) is 5. The maximum absolute atomic E-state index is 13.5. The number of carbonyl (C=O) groups excluding carboxylic acids is 3. The van der Waals surface area contributed by atoms with Crippen molar-refractivity contribution >= 4 is 39.4 Å². The Morgan fingerprint density at radius 1 is 0.947 bits per heavy atom. The summed E-state index contributed by atoms with van der Waals surface area (Å²) in [6, 6.07) is 14.7. The number of nitrogens with one attached hydrogen (secondary N) is 2. The van der Waals surface area contributed by atoms with Gasteiger partial charge in [0.25, 0.3) is 11.8 Å². The second kappa shape index (κ2) is 13.0. The summed E-state index contributed by atoms with van der Waals surface area (Å²) >= 11 is 3.41. The maximum Gasteiger partial charge on any atom is 0.337 e. The number of methoxy groups -OCH3 is 1. The molecule has 2 aromatic heterocycles. The second-order valence-electron chi connectivity index (χ2n) is 8.02. The van der Waals surface area contributed by atoms with Crippen molar-refractivity contribution in [2.45, 2.75) is 33.9 Å². The number of imidazole rings is 1. The monoisotopic (exact) mass is 582 g/mol. The number of esters is 1. The van der Waals surface area contributed by atoms with Gasteiger partial charge in [-0.2, -0.15) is 0 Å². The molecule has 2 amide bonds.